The summed E-state index contributed by atoms with van der Waals surface area (Å²) in [5.74, 6) is 4.65. The fourth-order valence-corrected chi connectivity index (χ4v) is 6.30. The van der Waals surface area contributed by atoms with Gasteiger partial charge in [0.25, 0.3) is 0 Å². The Morgan fingerprint density at radius 3 is 0.826 bits per heavy atom. The van der Waals surface area contributed by atoms with Crippen molar-refractivity contribution in [1.82, 2.24) is 0 Å². The van der Waals surface area contributed by atoms with Crippen molar-refractivity contribution in [3.8, 4) is 0 Å². The summed E-state index contributed by atoms with van der Waals surface area (Å²) < 4.78 is 0. The first-order valence-electron chi connectivity index (χ1n) is 19.4. The molecular weight excluding hydrogens is 576 g/mol. The molecule has 0 aromatic heterocycles. The Morgan fingerprint density at radius 1 is 0.391 bits per heavy atom. The van der Waals surface area contributed by atoms with Gasteiger partial charge in [-0.25, -0.2) is 0 Å². The quantitative estimate of drug-likeness (QED) is 0.0498. The van der Waals surface area contributed by atoms with E-state index in [0.29, 0.717) is 24.7 Å². The molecule has 0 heterocycles. The van der Waals surface area contributed by atoms with Gasteiger partial charge in [0.2, 0.25) is 0 Å². The number of aliphatic hydroxyl groups is 6. The number of hydrogen-bond donors (Lipinski definition) is 6. The van der Waals surface area contributed by atoms with Gasteiger partial charge < -0.3 is 30.6 Å². The highest BCUT2D eigenvalue weighted by Gasteiger charge is 2.30. The van der Waals surface area contributed by atoms with E-state index in [4.69, 9.17) is 10.2 Å². The Balaban J connectivity index is 0. The SMILES string of the molecule is CC(C)CCCC(C)CCCC(C)CCCC(C)(O)C(O)CO.CC(C)CCCC(C)CCCC(C)CCCC(C)(O)C(O)CO. The minimum atomic E-state index is -1.17. The summed E-state index contributed by atoms with van der Waals surface area (Å²) in [5, 5.41) is 57.1. The second-order valence-electron chi connectivity index (χ2n) is 16.8. The van der Waals surface area contributed by atoms with Crippen molar-refractivity contribution in [3.63, 3.8) is 0 Å². The molecule has 6 nitrogen and oxygen atoms in total. The van der Waals surface area contributed by atoms with Gasteiger partial charge in [-0.1, -0.05) is 158 Å². The minimum Gasteiger partial charge on any atom is -0.394 e. The molecule has 0 aliphatic rings. The van der Waals surface area contributed by atoms with E-state index in [1.54, 1.807) is 13.8 Å². The maximum atomic E-state index is 10.1. The number of hydrogen-bond acceptors (Lipinski definition) is 6. The van der Waals surface area contributed by atoms with E-state index in [2.05, 4.69) is 55.4 Å². The summed E-state index contributed by atoms with van der Waals surface area (Å²) >= 11 is 0. The molecule has 0 fully saturated rings. The summed E-state index contributed by atoms with van der Waals surface area (Å²) in [7, 11) is 0. The Labute approximate surface area is 287 Å². The smallest absolute Gasteiger partial charge is 0.105 e. The predicted molar refractivity (Wildman–Crippen MR) is 197 cm³/mol. The van der Waals surface area contributed by atoms with Crippen LogP contribution in [-0.4, -0.2) is 67.3 Å². The zero-order valence-electron chi connectivity index (χ0n) is 32.4. The third kappa shape index (κ3) is 27.7. The predicted octanol–water partition coefficient (Wildman–Crippen LogP) is 9.06. The lowest BCUT2D eigenvalue weighted by Gasteiger charge is -2.28. The van der Waals surface area contributed by atoms with Crippen LogP contribution in [0.5, 0.6) is 0 Å². The summed E-state index contributed by atoms with van der Waals surface area (Å²) in [6.07, 6.45) is 18.8. The first-order valence-corrected chi connectivity index (χ1v) is 19.4. The summed E-state index contributed by atoms with van der Waals surface area (Å²) in [4.78, 5) is 0. The summed E-state index contributed by atoms with van der Waals surface area (Å²) in [6.45, 7) is 20.9. The molecular formula is C40H84O6. The highest BCUT2D eigenvalue weighted by atomic mass is 16.4. The van der Waals surface area contributed by atoms with Crippen LogP contribution < -0.4 is 0 Å². The van der Waals surface area contributed by atoms with Crippen LogP contribution in [0, 0.1) is 35.5 Å². The summed E-state index contributed by atoms with van der Waals surface area (Å²) in [5.41, 5.74) is -2.33. The fraction of sp³-hybridized carbons (Fsp3) is 1.00. The van der Waals surface area contributed by atoms with Crippen LogP contribution in [0.15, 0.2) is 0 Å². The molecule has 280 valence electrons. The highest BCUT2D eigenvalue weighted by molar-refractivity contribution is 4.82. The lowest BCUT2D eigenvalue weighted by molar-refractivity contribution is -0.0887. The molecule has 0 spiro atoms. The van der Waals surface area contributed by atoms with Crippen molar-refractivity contribution in [2.24, 2.45) is 35.5 Å². The van der Waals surface area contributed by atoms with Crippen LogP contribution in [0.2, 0.25) is 0 Å². The van der Waals surface area contributed by atoms with E-state index in [0.717, 1.165) is 49.4 Å². The zero-order valence-corrected chi connectivity index (χ0v) is 32.4. The van der Waals surface area contributed by atoms with E-state index in [1.165, 1.54) is 77.0 Å². The molecule has 0 bridgehead atoms. The maximum absolute atomic E-state index is 10.1. The minimum absolute atomic E-state index is 0.378. The van der Waals surface area contributed by atoms with Crippen molar-refractivity contribution in [1.29, 1.82) is 0 Å². The van der Waals surface area contributed by atoms with Gasteiger partial charge in [0.05, 0.1) is 24.4 Å². The van der Waals surface area contributed by atoms with Gasteiger partial charge in [-0.3, -0.25) is 0 Å². The molecule has 0 aromatic rings. The van der Waals surface area contributed by atoms with Gasteiger partial charge in [0, 0.05) is 0 Å². The molecule has 46 heavy (non-hydrogen) atoms. The van der Waals surface area contributed by atoms with E-state index < -0.39 is 23.4 Å². The van der Waals surface area contributed by atoms with Gasteiger partial charge in [-0.05, 0) is 62.2 Å². The standard InChI is InChI=1S/2C20H42O3/c2*1-16(2)9-6-10-17(3)11-7-12-18(4)13-8-14-20(5,23)19(22)15-21/h2*16-19,21-23H,6-15H2,1-5H3. The van der Waals surface area contributed by atoms with E-state index in [9.17, 15) is 20.4 Å². The first-order chi connectivity index (χ1) is 21.4. The molecule has 0 saturated carbocycles. The van der Waals surface area contributed by atoms with Crippen molar-refractivity contribution >= 4 is 0 Å². The average molecular weight is 661 g/mol. The van der Waals surface area contributed by atoms with Gasteiger partial charge in [0.15, 0.2) is 0 Å². The Morgan fingerprint density at radius 2 is 0.609 bits per heavy atom. The second-order valence-corrected chi connectivity index (χ2v) is 16.8. The van der Waals surface area contributed by atoms with Crippen LogP contribution in [-0.2, 0) is 0 Å². The largest absolute Gasteiger partial charge is 0.394 e. The van der Waals surface area contributed by atoms with Crippen molar-refractivity contribution in [3.05, 3.63) is 0 Å². The van der Waals surface area contributed by atoms with Gasteiger partial charge in [-0.15, -0.1) is 0 Å². The monoisotopic (exact) mass is 661 g/mol. The van der Waals surface area contributed by atoms with Crippen molar-refractivity contribution in [2.45, 2.75) is 208 Å². The molecule has 0 radical (unpaired) electrons. The molecule has 0 aliphatic heterocycles. The second kappa shape index (κ2) is 27.6. The average Bonchev–Trinajstić information content (AvgIpc) is 2.95. The van der Waals surface area contributed by atoms with E-state index >= 15 is 0 Å². The Kier molecular flexibility index (Phi) is 28.7. The molecule has 0 rings (SSSR count). The first kappa shape index (κ1) is 47.9. The van der Waals surface area contributed by atoms with Crippen LogP contribution in [0.4, 0.5) is 0 Å². The molecule has 0 saturated heterocycles. The molecule has 6 N–H and O–H groups in total. The number of aliphatic hydroxyl groups excluding tert-OH is 4. The van der Waals surface area contributed by atoms with Crippen LogP contribution in [0.1, 0.15) is 185 Å². The third-order valence-corrected chi connectivity index (χ3v) is 10.3. The van der Waals surface area contributed by atoms with E-state index in [1.807, 2.05) is 0 Å². The fourth-order valence-electron chi connectivity index (χ4n) is 6.30. The van der Waals surface area contributed by atoms with Crippen LogP contribution >= 0.6 is 0 Å². The zero-order chi connectivity index (χ0) is 35.8. The van der Waals surface area contributed by atoms with Gasteiger partial charge >= 0.3 is 0 Å². The van der Waals surface area contributed by atoms with Gasteiger partial charge in [-0.2, -0.15) is 0 Å². The molecule has 8 unspecified atom stereocenters. The topological polar surface area (TPSA) is 121 Å². The molecule has 0 amide bonds. The molecule has 6 heteroatoms. The highest BCUT2D eigenvalue weighted by Crippen LogP contribution is 2.26. The Bertz CT molecular complexity index is 608. The summed E-state index contributed by atoms with van der Waals surface area (Å²) in [6, 6.07) is 0. The maximum Gasteiger partial charge on any atom is 0.105 e. The molecule has 0 aliphatic carbocycles. The van der Waals surface area contributed by atoms with Crippen LogP contribution in [0.25, 0.3) is 0 Å². The van der Waals surface area contributed by atoms with Crippen molar-refractivity contribution in [2.75, 3.05) is 13.2 Å². The Hall–Kier alpha value is -0.240. The van der Waals surface area contributed by atoms with E-state index in [-0.39, 0.29) is 13.2 Å². The lowest BCUT2D eigenvalue weighted by Crippen LogP contribution is -2.41. The van der Waals surface area contributed by atoms with Crippen LogP contribution in [0.3, 0.4) is 0 Å². The lowest BCUT2D eigenvalue weighted by atomic mass is 9.88. The normalized spacial score (nSPS) is 18.7. The van der Waals surface area contributed by atoms with Crippen molar-refractivity contribution < 1.29 is 30.6 Å². The molecule has 0 aromatic carbocycles. The number of rotatable bonds is 28. The molecule has 8 atom stereocenters. The third-order valence-electron chi connectivity index (χ3n) is 10.3. The van der Waals surface area contributed by atoms with Gasteiger partial charge in [0.1, 0.15) is 12.2 Å².